The minimum absolute atomic E-state index is 1.15. The molecule has 0 N–H and O–H groups in total. The zero-order valence-electron chi connectivity index (χ0n) is 30.8. The first-order valence-corrected chi connectivity index (χ1v) is 18.3. The minimum atomic E-state index is 1.15. The maximum absolute atomic E-state index is 2.42. The van der Waals surface area contributed by atoms with Gasteiger partial charge in [-0.2, -0.15) is 0 Å². The summed E-state index contributed by atoms with van der Waals surface area (Å²) in [4.78, 5) is 4.84. The summed E-state index contributed by atoms with van der Waals surface area (Å²) in [7, 11) is 0. The van der Waals surface area contributed by atoms with E-state index in [4.69, 9.17) is 0 Å². The first kappa shape index (κ1) is 31.8. The second-order valence-electron chi connectivity index (χ2n) is 14.6. The first-order valence-electron chi connectivity index (χ1n) is 18.3. The molecule has 252 valence electrons. The van der Waals surface area contributed by atoms with E-state index in [1.54, 1.807) is 0 Å². The van der Waals surface area contributed by atoms with E-state index in [9.17, 15) is 0 Å². The molecule has 0 aliphatic carbocycles. The van der Waals surface area contributed by atoms with Crippen LogP contribution in [-0.4, -0.2) is 0 Å². The molecular weight excluding hydrogens is 629 g/mol. The van der Waals surface area contributed by atoms with E-state index in [0.717, 1.165) is 22.7 Å². The second kappa shape index (κ2) is 12.3. The Labute approximate surface area is 306 Å². The summed E-state index contributed by atoms with van der Waals surface area (Å²) in [6, 6.07) is 54.4. The van der Waals surface area contributed by atoms with Crippen molar-refractivity contribution < 1.29 is 0 Å². The lowest BCUT2D eigenvalue weighted by molar-refractivity contribution is 1.28. The molecule has 9 rings (SSSR count). The minimum Gasteiger partial charge on any atom is -0.310 e. The summed E-state index contributed by atoms with van der Waals surface area (Å²) >= 11 is 0. The van der Waals surface area contributed by atoms with Gasteiger partial charge in [-0.15, -0.1) is 0 Å². The van der Waals surface area contributed by atoms with Crippen LogP contribution in [0.2, 0.25) is 0 Å². The van der Waals surface area contributed by atoms with Crippen LogP contribution >= 0.6 is 0 Å². The van der Waals surface area contributed by atoms with Crippen molar-refractivity contribution in [1.82, 2.24) is 0 Å². The molecule has 0 aliphatic rings. The first-order chi connectivity index (χ1) is 25.3. The predicted molar refractivity (Wildman–Crippen MR) is 225 cm³/mol. The van der Waals surface area contributed by atoms with E-state index in [0.29, 0.717) is 0 Å². The standard InChI is InChI=1S/C50H42N2/c1-31-7-17-37(18-8-31)51(38-19-9-32(2)10-20-38)45-29-27-43-48-36(6)16-26-42-46(30-28-44(50(42)48)47-35(5)15-25-41(45)49(43)47)52(39-21-11-33(3)12-22-39)40-23-13-34(4)14-24-40/h7-30H,1-6H3. The molecule has 0 spiro atoms. The summed E-state index contributed by atoms with van der Waals surface area (Å²) in [5, 5.41) is 10.4. The highest BCUT2D eigenvalue weighted by molar-refractivity contribution is 6.36. The van der Waals surface area contributed by atoms with Crippen LogP contribution in [0.4, 0.5) is 34.1 Å². The monoisotopic (exact) mass is 670 g/mol. The molecule has 0 amide bonds. The molecule has 0 aliphatic heterocycles. The molecule has 0 aromatic heterocycles. The van der Waals surface area contributed by atoms with Crippen molar-refractivity contribution in [3.63, 3.8) is 0 Å². The Bertz CT molecular complexity index is 2470. The highest BCUT2D eigenvalue weighted by Crippen LogP contribution is 2.50. The number of anilines is 6. The lowest BCUT2D eigenvalue weighted by Gasteiger charge is -2.30. The smallest absolute Gasteiger partial charge is 0.0540 e. The third-order valence-electron chi connectivity index (χ3n) is 10.9. The number of fused-ring (bicyclic) bond motifs is 2. The van der Waals surface area contributed by atoms with Crippen molar-refractivity contribution in [2.24, 2.45) is 0 Å². The van der Waals surface area contributed by atoms with Crippen LogP contribution in [0.25, 0.3) is 43.1 Å². The van der Waals surface area contributed by atoms with Crippen molar-refractivity contribution in [1.29, 1.82) is 0 Å². The largest absolute Gasteiger partial charge is 0.310 e. The van der Waals surface area contributed by atoms with Gasteiger partial charge in [0.15, 0.2) is 0 Å². The zero-order chi connectivity index (χ0) is 35.7. The normalized spacial score (nSPS) is 11.7. The highest BCUT2D eigenvalue weighted by Gasteiger charge is 2.24. The van der Waals surface area contributed by atoms with Crippen LogP contribution in [-0.2, 0) is 0 Å². The maximum atomic E-state index is 2.42. The van der Waals surface area contributed by atoms with Crippen molar-refractivity contribution in [3.8, 4) is 0 Å². The Morgan fingerprint density at radius 3 is 0.808 bits per heavy atom. The van der Waals surface area contributed by atoms with Crippen LogP contribution in [0.15, 0.2) is 146 Å². The number of benzene rings is 9. The van der Waals surface area contributed by atoms with Crippen LogP contribution < -0.4 is 9.80 Å². The van der Waals surface area contributed by atoms with Gasteiger partial charge in [-0.05, 0) is 146 Å². The van der Waals surface area contributed by atoms with Gasteiger partial charge in [0.05, 0.1) is 11.4 Å². The quantitative estimate of drug-likeness (QED) is 0.128. The molecule has 0 saturated carbocycles. The van der Waals surface area contributed by atoms with Crippen molar-refractivity contribution >= 4 is 77.2 Å². The number of aryl methyl sites for hydroxylation is 6. The highest BCUT2D eigenvalue weighted by atomic mass is 15.1. The molecule has 0 fully saturated rings. The Morgan fingerprint density at radius 2 is 0.519 bits per heavy atom. The fourth-order valence-electron chi connectivity index (χ4n) is 8.20. The van der Waals surface area contributed by atoms with Gasteiger partial charge in [0, 0.05) is 33.5 Å². The topological polar surface area (TPSA) is 6.48 Å². The summed E-state index contributed by atoms with van der Waals surface area (Å²) in [6.07, 6.45) is 0. The molecule has 9 aromatic carbocycles. The number of nitrogens with zero attached hydrogens (tertiary/aromatic N) is 2. The Morgan fingerprint density at radius 1 is 0.250 bits per heavy atom. The summed E-state index contributed by atoms with van der Waals surface area (Å²) in [6.45, 7) is 13.1. The van der Waals surface area contributed by atoms with Crippen molar-refractivity contribution in [2.75, 3.05) is 9.80 Å². The van der Waals surface area contributed by atoms with Gasteiger partial charge in [-0.3, -0.25) is 0 Å². The van der Waals surface area contributed by atoms with Gasteiger partial charge in [-0.1, -0.05) is 107 Å². The lowest BCUT2D eigenvalue weighted by atomic mass is 9.85. The van der Waals surface area contributed by atoms with Crippen molar-refractivity contribution in [2.45, 2.75) is 41.5 Å². The van der Waals surface area contributed by atoms with Gasteiger partial charge in [0.25, 0.3) is 0 Å². The molecule has 2 nitrogen and oxygen atoms in total. The molecule has 0 radical (unpaired) electrons. The average molecular weight is 671 g/mol. The van der Waals surface area contributed by atoms with E-state index in [-0.39, 0.29) is 0 Å². The van der Waals surface area contributed by atoms with E-state index in [1.807, 2.05) is 0 Å². The van der Waals surface area contributed by atoms with Crippen LogP contribution in [0.1, 0.15) is 33.4 Å². The molecule has 0 atom stereocenters. The summed E-state index contributed by atoms with van der Waals surface area (Å²) in [5.74, 6) is 0. The summed E-state index contributed by atoms with van der Waals surface area (Å²) < 4.78 is 0. The van der Waals surface area contributed by atoms with Gasteiger partial charge in [-0.25, -0.2) is 0 Å². The number of hydrogen-bond acceptors (Lipinski definition) is 2. The van der Waals surface area contributed by atoms with Gasteiger partial charge >= 0.3 is 0 Å². The van der Waals surface area contributed by atoms with Crippen LogP contribution in [0.5, 0.6) is 0 Å². The lowest BCUT2D eigenvalue weighted by Crippen LogP contribution is -2.11. The summed E-state index contributed by atoms with van der Waals surface area (Å²) in [5.41, 5.74) is 14.6. The van der Waals surface area contributed by atoms with E-state index >= 15 is 0 Å². The third kappa shape index (κ3) is 5.09. The maximum Gasteiger partial charge on any atom is 0.0540 e. The Hall–Kier alpha value is -6.12. The predicted octanol–water partition coefficient (Wildman–Crippen LogP) is 14.5. The Balaban J connectivity index is 1.36. The molecule has 0 heterocycles. The Kier molecular flexibility index (Phi) is 7.52. The van der Waals surface area contributed by atoms with Gasteiger partial charge in [0.2, 0.25) is 0 Å². The fourth-order valence-corrected chi connectivity index (χ4v) is 8.20. The van der Waals surface area contributed by atoms with E-state index < -0.39 is 0 Å². The van der Waals surface area contributed by atoms with Crippen molar-refractivity contribution in [3.05, 3.63) is 179 Å². The number of hydrogen-bond donors (Lipinski definition) is 0. The van der Waals surface area contributed by atoms with E-state index in [2.05, 4.69) is 197 Å². The molecular formula is C50H42N2. The van der Waals surface area contributed by atoms with E-state index in [1.165, 1.54) is 87.8 Å². The molecule has 2 heteroatoms. The molecule has 0 unspecified atom stereocenters. The second-order valence-corrected chi connectivity index (χ2v) is 14.6. The SMILES string of the molecule is Cc1ccc(N(c2ccc(C)cc2)c2ccc3c4c(C)ccc5c(N(c6ccc(C)cc6)c6ccc(C)cc6)ccc(c6c(C)ccc2c36)c54)cc1. The molecule has 0 bridgehead atoms. The van der Waals surface area contributed by atoms with Crippen LogP contribution in [0, 0.1) is 41.5 Å². The molecule has 52 heavy (non-hydrogen) atoms. The fraction of sp³-hybridized carbons (Fsp3) is 0.120. The number of rotatable bonds is 6. The third-order valence-corrected chi connectivity index (χ3v) is 10.9. The molecule has 0 saturated heterocycles. The van der Waals surface area contributed by atoms with Gasteiger partial charge in [0.1, 0.15) is 0 Å². The zero-order valence-corrected chi connectivity index (χ0v) is 30.8. The molecule has 9 aromatic rings. The van der Waals surface area contributed by atoms with Crippen LogP contribution in [0.3, 0.4) is 0 Å². The van der Waals surface area contributed by atoms with Gasteiger partial charge < -0.3 is 9.80 Å². The average Bonchev–Trinajstić information content (AvgIpc) is 3.15.